The number of furan rings is 1. The topological polar surface area (TPSA) is 48.4 Å². The van der Waals surface area contributed by atoms with E-state index in [9.17, 15) is 4.39 Å². The number of benzene rings is 1. The molecule has 1 aliphatic rings. The molecule has 1 fully saturated rings. The molecule has 4 heteroatoms. The molecule has 2 N–H and O–H groups in total. The molecule has 1 aromatic heterocycles. The minimum atomic E-state index is -0.261. The third-order valence-electron chi connectivity index (χ3n) is 3.30. The number of rotatable bonds is 2. The van der Waals surface area contributed by atoms with Gasteiger partial charge in [-0.3, -0.25) is 0 Å². The lowest BCUT2D eigenvalue weighted by molar-refractivity contribution is 0.178. The van der Waals surface area contributed by atoms with Crippen molar-refractivity contribution < 1.29 is 13.5 Å². The van der Waals surface area contributed by atoms with Crippen molar-refractivity contribution in [1.82, 2.24) is 0 Å². The maximum atomic E-state index is 13.1. The fraction of sp³-hybridized carbons (Fsp3) is 0.385. The summed E-state index contributed by atoms with van der Waals surface area (Å²) in [5.41, 5.74) is 6.81. The van der Waals surface area contributed by atoms with Crippen molar-refractivity contribution in [2.75, 3.05) is 13.2 Å². The first-order valence-electron chi connectivity index (χ1n) is 5.76. The summed E-state index contributed by atoms with van der Waals surface area (Å²) in [6.45, 7) is 1.43. The molecule has 0 radical (unpaired) electrons. The number of nitrogens with two attached hydrogens (primary N) is 1. The summed E-state index contributed by atoms with van der Waals surface area (Å²) in [6.07, 6.45) is 0.951. The van der Waals surface area contributed by atoms with Crippen LogP contribution in [-0.4, -0.2) is 13.2 Å². The van der Waals surface area contributed by atoms with E-state index in [1.807, 2.05) is 6.07 Å². The molecular formula is C13H14FNO2. The third-order valence-corrected chi connectivity index (χ3v) is 3.30. The lowest BCUT2D eigenvalue weighted by atomic mass is 9.98. The lowest BCUT2D eigenvalue weighted by Crippen LogP contribution is -2.20. The molecule has 0 bridgehead atoms. The molecule has 0 amide bonds. The van der Waals surface area contributed by atoms with E-state index in [4.69, 9.17) is 14.9 Å². The van der Waals surface area contributed by atoms with E-state index in [0.717, 1.165) is 18.4 Å². The SMILES string of the molecule is NC(c1cc2cc(F)ccc2o1)C1CCOC1. The first-order chi connectivity index (χ1) is 8.24. The first kappa shape index (κ1) is 10.7. The van der Waals surface area contributed by atoms with Crippen LogP contribution in [0, 0.1) is 11.7 Å². The van der Waals surface area contributed by atoms with Crippen molar-refractivity contribution in [2.24, 2.45) is 11.7 Å². The number of fused-ring (bicyclic) bond motifs is 1. The van der Waals surface area contributed by atoms with Gasteiger partial charge in [0, 0.05) is 17.9 Å². The second-order valence-electron chi connectivity index (χ2n) is 4.48. The Labute approximate surface area is 98.3 Å². The van der Waals surface area contributed by atoms with Crippen LogP contribution in [0.1, 0.15) is 18.2 Å². The van der Waals surface area contributed by atoms with E-state index in [1.165, 1.54) is 12.1 Å². The Bertz CT molecular complexity index is 531. The minimum absolute atomic E-state index is 0.173. The van der Waals surface area contributed by atoms with Crippen LogP contribution in [-0.2, 0) is 4.74 Å². The Hall–Kier alpha value is -1.39. The van der Waals surface area contributed by atoms with Gasteiger partial charge in [-0.25, -0.2) is 4.39 Å². The van der Waals surface area contributed by atoms with Crippen LogP contribution in [0.3, 0.4) is 0 Å². The molecule has 2 aromatic rings. The van der Waals surface area contributed by atoms with Crippen LogP contribution in [0.2, 0.25) is 0 Å². The highest BCUT2D eigenvalue weighted by atomic mass is 19.1. The molecular weight excluding hydrogens is 221 g/mol. The van der Waals surface area contributed by atoms with Crippen LogP contribution in [0.25, 0.3) is 11.0 Å². The molecule has 2 atom stereocenters. The van der Waals surface area contributed by atoms with E-state index >= 15 is 0 Å². The summed E-state index contributed by atoms with van der Waals surface area (Å²) in [5.74, 6) is 0.740. The average Bonchev–Trinajstić information content (AvgIpc) is 2.96. The standard InChI is InChI=1S/C13H14FNO2/c14-10-1-2-11-9(5-10)6-12(17-11)13(15)8-3-4-16-7-8/h1-2,5-6,8,13H,3-4,7,15H2. The lowest BCUT2D eigenvalue weighted by Gasteiger charge is -2.14. The molecule has 1 aromatic carbocycles. The van der Waals surface area contributed by atoms with Gasteiger partial charge < -0.3 is 14.9 Å². The summed E-state index contributed by atoms with van der Waals surface area (Å²) in [6, 6.07) is 6.13. The van der Waals surface area contributed by atoms with Gasteiger partial charge in [0.2, 0.25) is 0 Å². The summed E-state index contributed by atoms with van der Waals surface area (Å²) in [5, 5.41) is 0.759. The van der Waals surface area contributed by atoms with Gasteiger partial charge in [-0.15, -0.1) is 0 Å². The largest absolute Gasteiger partial charge is 0.459 e. The zero-order chi connectivity index (χ0) is 11.8. The molecule has 0 aliphatic carbocycles. The molecule has 3 rings (SSSR count). The Morgan fingerprint density at radius 3 is 3.00 bits per heavy atom. The van der Waals surface area contributed by atoms with E-state index in [2.05, 4.69) is 0 Å². The smallest absolute Gasteiger partial charge is 0.134 e. The van der Waals surface area contributed by atoms with Crippen molar-refractivity contribution in [3.8, 4) is 0 Å². The van der Waals surface area contributed by atoms with E-state index < -0.39 is 0 Å². The normalized spacial score (nSPS) is 22.1. The number of halogens is 1. The Balaban J connectivity index is 1.94. The zero-order valence-corrected chi connectivity index (χ0v) is 9.36. The maximum Gasteiger partial charge on any atom is 0.134 e. The predicted molar refractivity (Wildman–Crippen MR) is 62.0 cm³/mol. The third kappa shape index (κ3) is 1.94. The fourth-order valence-electron chi connectivity index (χ4n) is 2.27. The molecule has 17 heavy (non-hydrogen) atoms. The summed E-state index contributed by atoms with van der Waals surface area (Å²) in [7, 11) is 0. The highest BCUT2D eigenvalue weighted by Crippen LogP contribution is 2.30. The van der Waals surface area contributed by atoms with Crippen LogP contribution in [0.15, 0.2) is 28.7 Å². The van der Waals surface area contributed by atoms with E-state index in [-0.39, 0.29) is 11.9 Å². The van der Waals surface area contributed by atoms with Crippen molar-refractivity contribution >= 4 is 11.0 Å². The summed E-state index contributed by atoms with van der Waals surface area (Å²) >= 11 is 0. The average molecular weight is 235 g/mol. The minimum Gasteiger partial charge on any atom is -0.459 e. The van der Waals surface area contributed by atoms with Crippen LogP contribution < -0.4 is 5.73 Å². The molecule has 2 unspecified atom stereocenters. The number of ether oxygens (including phenoxy) is 1. The number of hydrogen-bond acceptors (Lipinski definition) is 3. The molecule has 1 saturated heterocycles. The fourth-order valence-corrected chi connectivity index (χ4v) is 2.27. The first-order valence-corrected chi connectivity index (χ1v) is 5.76. The Kier molecular flexibility index (Phi) is 2.61. The molecule has 0 saturated carbocycles. The summed E-state index contributed by atoms with van der Waals surface area (Å²) < 4.78 is 24.0. The van der Waals surface area contributed by atoms with Gasteiger partial charge in [0.25, 0.3) is 0 Å². The van der Waals surface area contributed by atoms with Gasteiger partial charge in [0.1, 0.15) is 17.2 Å². The second-order valence-corrected chi connectivity index (χ2v) is 4.48. The molecule has 90 valence electrons. The molecule has 0 spiro atoms. The van der Waals surface area contributed by atoms with Crippen molar-refractivity contribution in [3.05, 3.63) is 35.8 Å². The monoisotopic (exact) mass is 235 g/mol. The van der Waals surface area contributed by atoms with Crippen LogP contribution in [0.5, 0.6) is 0 Å². The van der Waals surface area contributed by atoms with E-state index in [0.29, 0.717) is 23.9 Å². The van der Waals surface area contributed by atoms with Gasteiger partial charge >= 0.3 is 0 Å². The maximum absolute atomic E-state index is 13.1. The van der Waals surface area contributed by atoms with Gasteiger partial charge in [-0.05, 0) is 30.7 Å². The van der Waals surface area contributed by atoms with Gasteiger partial charge in [-0.2, -0.15) is 0 Å². The van der Waals surface area contributed by atoms with E-state index in [1.54, 1.807) is 6.07 Å². The Morgan fingerprint density at radius 1 is 1.35 bits per heavy atom. The highest BCUT2D eigenvalue weighted by molar-refractivity contribution is 5.78. The highest BCUT2D eigenvalue weighted by Gasteiger charge is 2.26. The summed E-state index contributed by atoms with van der Waals surface area (Å²) in [4.78, 5) is 0. The molecule has 1 aliphatic heterocycles. The van der Waals surface area contributed by atoms with Crippen molar-refractivity contribution in [3.63, 3.8) is 0 Å². The van der Waals surface area contributed by atoms with Crippen LogP contribution >= 0.6 is 0 Å². The van der Waals surface area contributed by atoms with Crippen molar-refractivity contribution in [1.29, 1.82) is 0 Å². The zero-order valence-electron chi connectivity index (χ0n) is 9.36. The van der Waals surface area contributed by atoms with Gasteiger partial charge in [-0.1, -0.05) is 0 Å². The predicted octanol–water partition coefficient (Wildman–Crippen LogP) is 2.61. The van der Waals surface area contributed by atoms with Crippen molar-refractivity contribution in [2.45, 2.75) is 12.5 Å². The van der Waals surface area contributed by atoms with Crippen LogP contribution in [0.4, 0.5) is 4.39 Å². The van der Waals surface area contributed by atoms with Gasteiger partial charge in [0.15, 0.2) is 0 Å². The molecule has 3 nitrogen and oxygen atoms in total. The number of hydrogen-bond donors (Lipinski definition) is 1. The Morgan fingerprint density at radius 2 is 2.24 bits per heavy atom. The second kappa shape index (κ2) is 4.13. The quantitative estimate of drug-likeness (QED) is 0.870. The molecule has 2 heterocycles. The van der Waals surface area contributed by atoms with Gasteiger partial charge in [0.05, 0.1) is 12.6 Å².